The van der Waals surface area contributed by atoms with Gasteiger partial charge in [-0.25, -0.2) is 0 Å². The van der Waals surface area contributed by atoms with Crippen LogP contribution in [0.25, 0.3) is 0 Å². The van der Waals surface area contributed by atoms with E-state index in [0.717, 1.165) is 18.7 Å². The van der Waals surface area contributed by atoms with Crippen LogP contribution in [-0.4, -0.2) is 18.3 Å². The molecule has 0 saturated heterocycles. The summed E-state index contributed by atoms with van der Waals surface area (Å²) < 4.78 is 5.33. The van der Waals surface area contributed by atoms with E-state index in [0.29, 0.717) is 12.4 Å². The van der Waals surface area contributed by atoms with Crippen LogP contribution in [0.1, 0.15) is 32.3 Å². The zero-order valence-corrected chi connectivity index (χ0v) is 11.3. The molecule has 1 aromatic carbocycles. The number of ether oxygens (including phenoxy) is 1. The summed E-state index contributed by atoms with van der Waals surface area (Å²) in [6.07, 6.45) is 2.39. The fraction of sp³-hybridized carbons (Fsp3) is 0.538. The van der Waals surface area contributed by atoms with Crippen molar-refractivity contribution in [2.75, 3.05) is 13.2 Å². The first-order valence-corrected chi connectivity index (χ1v) is 5.93. The zero-order chi connectivity index (χ0) is 11.8. The fourth-order valence-electron chi connectivity index (χ4n) is 1.47. The molecular weight excluding hydrogens is 238 g/mol. The molecule has 1 aromatic rings. The third-order valence-corrected chi connectivity index (χ3v) is 2.36. The first-order chi connectivity index (χ1) is 7.77. The van der Waals surface area contributed by atoms with E-state index in [-0.39, 0.29) is 18.2 Å². The number of halogens is 1. The normalized spacial score (nSPS) is 9.76. The second-order valence-electron chi connectivity index (χ2n) is 3.77. The number of aromatic hydroxyl groups is 1. The molecule has 0 aliphatic heterocycles. The van der Waals surface area contributed by atoms with E-state index in [9.17, 15) is 5.11 Å². The summed E-state index contributed by atoms with van der Waals surface area (Å²) >= 11 is 0. The van der Waals surface area contributed by atoms with E-state index in [4.69, 9.17) is 4.74 Å². The molecule has 4 heteroatoms. The van der Waals surface area contributed by atoms with Gasteiger partial charge in [-0.15, -0.1) is 12.4 Å². The second-order valence-corrected chi connectivity index (χ2v) is 3.77. The highest BCUT2D eigenvalue weighted by Gasteiger charge is 2.02. The first kappa shape index (κ1) is 16.1. The van der Waals surface area contributed by atoms with Gasteiger partial charge in [0.25, 0.3) is 0 Å². The SMILES string of the molecule is CCCCNCc1ccc(O)c(OCC)c1.Cl. The van der Waals surface area contributed by atoms with Crippen molar-refractivity contribution in [2.45, 2.75) is 33.2 Å². The molecular formula is C13H22ClNO2. The Balaban J connectivity index is 0.00000256. The minimum Gasteiger partial charge on any atom is -0.504 e. The Bertz CT molecular complexity index is 318. The van der Waals surface area contributed by atoms with Gasteiger partial charge in [0, 0.05) is 6.54 Å². The van der Waals surface area contributed by atoms with Crippen molar-refractivity contribution in [3.63, 3.8) is 0 Å². The molecule has 0 aromatic heterocycles. The van der Waals surface area contributed by atoms with Crippen LogP contribution in [-0.2, 0) is 6.54 Å². The largest absolute Gasteiger partial charge is 0.504 e. The summed E-state index contributed by atoms with van der Waals surface area (Å²) in [5, 5.41) is 12.9. The minimum absolute atomic E-state index is 0. The van der Waals surface area contributed by atoms with Crippen LogP contribution >= 0.6 is 12.4 Å². The minimum atomic E-state index is 0. The lowest BCUT2D eigenvalue weighted by Gasteiger charge is -2.09. The molecule has 0 atom stereocenters. The van der Waals surface area contributed by atoms with Crippen LogP contribution in [0, 0.1) is 0 Å². The maximum Gasteiger partial charge on any atom is 0.161 e. The van der Waals surface area contributed by atoms with Gasteiger partial charge in [0.2, 0.25) is 0 Å². The molecule has 0 amide bonds. The smallest absolute Gasteiger partial charge is 0.161 e. The molecule has 0 aliphatic carbocycles. The number of benzene rings is 1. The molecule has 0 unspecified atom stereocenters. The van der Waals surface area contributed by atoms with E-state index >= 15 is 0 Å². The summed E-state index contributed by atoms with van der Waals surface area (Å²) in [5.41, 5.74) is 1.14. The Morgan fingerprint density at radius 2 is 2.06 bits per heavy atom. The molecule has 2 N–H and O–H groups in total. The van der Waals surface area contributed by atoms with Crippen LogP contribution in [0.4, 0.5) is 0 Å². The number of hydrogen-bond acceptors (Lipinski definition) is 3. The molecule has 0 aliphatic rings. The lowest BCUT2D eigenvalue weighted by Crippen LogP contribution is -2.14. The average molecular weight is 260 g/mol. The molecule has 0 fully saturated rings. The second kappa shape index (κ2) is 9.14. The number of phenols is 1. The van der Waals surface area contributed by atoms with Crippen molar-refractivity contribution in [2.24, 2.45) is 0 Å². The number of nitrogens with one attached hydrogen (secondary N) is 1. The molecule has 0 bridgehead atoms. The predicted octanol–water partition coefficient (Wildman–Crippen LogP) is 3.10. The van der Waals surface area contributed by atoms with Crippen LogP contribution in [0.5, 0.6) is 11.5 Å². The third kappa shape index (κ3) is 5.80. The molecule has 0 radical (unpaired) electrons. The van der Waals surface area contributed by atoms with E-state index in [1.54, 1.807) is 6.07 Å². The maximum atomic E-state index is 9.53. The highest BCUT2D eigenvalue weighted by atomic mass is 35.5. The van der Waals surface area contributed by atoms with Gasteiger partial charge < -0.3 is 15.2 Å². The van der Waals surface area contributed by atoms with E-state index in [1.807, 2.05) is 19.1 Å². The molecule has 17 heavy (non-hydrogen) atoms. The number of unbranched alkanes of at least 4 members (excludes halogenated alkanes) is 1. The highest BCUT2D eigenvalue weighted by Crippen LogP contribution is 2.26. The van der Waals surface area contributed by atoms with Crippen molar-refractivity contribution >= 4 is 12.4 Å². The number of hydrogen-bond donors (Lipinski definition) is 2. The van der Waals surface area contributed by atoms with Crippen LogP contribution in [0.3, 0.4) is 0 Å². The predicted molar refractivity (Wildman–Crippen MR) is 73.1 cm³/mol. The molecule has 1 rings (SSSR count). The standard InChI is InChI=1S/C13H21NO2.ClH/c1-3-5-8-14-10-11-6-7-12(15)13(9-11)16-4-2;/h6-7,9,14-15H,3-5,8,10H2,1-2H3;1H. The summed E-state index contributed by atoms with van der Waals surface area (Å²) in [6, 6.07) is 5.48. The van der Waals surface area contributed by atoms with Gasteiger partial charge in [-0.05, 0) is 37.6 Å². The lowest BCUT2D eigenvalue weighted by atomic mass is 10.2. The monoisotopic (exact) mass is 259 g/mol. The van der Waals surface area contributed by atoms with Gasteiger partial charge in [-0.2, -0.15) is 0 Å². The van der Waals surface area contributed by atoms with E-state index in [1.165, 1.54) is 12.8 Å². The Labute approximate surface area is 110 Å². The lowest BCUT2D eigenvalue weighted by molar-refractivity contribution is 0.317. The molecule has 0 saturated carbocycles. The van der Waals surface area contributed by atoms with E-state index in [2.05, 4.69) is 12.2 Å². The molecule has 98 valence electrons. The fourth-order valence-corrected chi connectivity index (χ4v) is 1.47. The van der Waals surface area contributed by atoms with E-state index < -0.39 is 0 Å². The highest BCUT2D eigenvalue weighted by molar-refractivity contribution is 5.85. The van der Waals surface area contributed by atoms with Crippen molar-refractivity contribution < 1.29 is 9.84 Å². The summed E-state index contributed by atoms with van der Waals surface area (Å²) in [6.45, 7) is 6.50. The van der Waals surface area contributed by atoms with Gasteiger partial charge in [-0.1, -0.05) is 19.4 Å². The van der Waals surface area contributed by atoms with Gasteiger partial charge in [0.15, 0.2) is 11.5 Å². The van der Waals surface area contributed by atoms with Gasteiger partial charge >= 0.3 is 0 Å². The van der Waals surface area contributed by atoms with Crippen molar-refractivity contribution in [3.05, 3.63) is 23.8 Å². The van der Waals surface area contributed by atoms with Crippen LogP contribution in [0.15, 0.2) is 18.2 Å². The Kier molecular flexibility index (Phi) is 8.64. The van der Waals surface area contributed by atoms with Gasteiger partial charge in [-0.3, -0.25) is 0 Å². The summed E-state index contributed by atoms with van der Waals surface area (Å²) in [7, 11) is 0. The van der Waals surface area contributed by atoms with Crippen molar-refractivity contribution in [1.82, 2.24) is 5.32 Å². The summed E-state index contributed by atoms with van der Waals surface area (Å²) in [4.78, 5) is 0. The van der Waals surface area contributed by atoms with Crippen LogP contribution in [0.2, 0.25) is 0 Å². The van der Waals surface area contributed by atoms with Crippen LogP contribution < -0.4 is 10.1 Å². The molecule has 3 nitrogen and oxygen atoms in total. The zero-order valence-electron chi connectivity index (χ0n) is 10.5. The average Bonchev–Trinajstić information content (AvgIpc) is 2.29. The first-order valence-electron chi connectivity index (χ1n) is 5.93. The number of rotatable bonds is 7. The van der Waals surface area contributed by atoms with Gasteiger partial charge in [0.1, 0.15) is 0 Å². The Morgan fingerprint density at radius 1 is 1.29 bits per heavy atom. The Hall–Kier alpha value is -0.930. The summed E-state index contributed by atoms with van der Waals surface area (Å²) in [5.74, 6) is 0.774. The van der Waals surface area contributed by atoms with Crippen molar-refractivity contribution in [1.29, 1.82) is 0 Å². The molecule has 0 heterocycles. The van der Waals surface area contributed by atoms with Crippen molar-refractivity contribution in [3.8, 4) is 11.5 Å². The van der Waals surface area contributed by atoms with Gasteiger partial charge in [0.05, 0.1) is 6.61 Å². The topological polar surface area (TPSA) is 41.5 Å². The third-order valence-electron chi connectivity index (χ3n) is 2.36. The number of phenolic OH excluding ortho intramolecular Hbond substituents is 1. The molecule has 0 spiro atoms. The Morgan fingerprint density at radius 3 is 2.71 bits per heavy atom. The quantitative estimate of drug-likeness (QED) is 0.740. The maximum absolute atomic E-state index is 9.53.